The molecule has 0 aliphatic heterocycles. The summed E-state index contributed by atoms with van der Waals surface area (Å²) in [6.07, 6.45) is 7.73. The molecule has 27 heavy (non-hydrogen) atoms. The zero-order valence-corrected chi connectivity index (χ0v) is 16.5. The highest BCUT2D eigenvalue weighted by molar-refractivity contribution is 5.96. The molecule has 6 heteroatoms. The molecule has 1 aliphatic carbocycles. The third kappa shape index (κ3) is 4.87. The fourth-order valence-electron chi connectivity index (χ4n) is 3.56. The maximum Gasteiger partial charge on any atom is 0.328 e. The van der Waals surface area contributed by atoms with Crippen LogP contribution < -0.4 is 10.9 Å². The molecule has 0 bridgehead atoms. The van der Waals surface area contributed by atoms with E-state index in [0.29, 0.717) is 6.54 Å². The van der Waals surface area contributed by atoms with Gasteiger partial charge < -0.3 is 14.6 Å². The van der Waals surface area contributed by atoms with Gasteiger partial charge in [-0.2, -0.15) is 0 Å². The van der Waals surface area contributed by atoms with Crippen LogP contribution in [0.25, 0.3) is 0 Å². The van der Waals surface area contributed by atoms with Gasteiger partial charge in [0.25, 0.3) is 11.5 Å². The summed E-state index contributed by atoms with van der Waals surface area (Å²) in [7, 11) is 1.28. The van der Waals surface area contributed by atoms with E-state index < -0.39 is 17.9 Å². The van der Waals surface area contributed by atoms with Crippen molar-refractivity contribution in [3.8, 4) is 0 Å². The summed E-state index contributed by atoms with van der Waals surface area (Å²) < 4.78 is 6.43. The van der Waals surface area contributed by atoms with Crippen molar-refractivity contribution in [2.75, 3.05) is 7.11 Å². The van der Waals surface area contributed by atoms with Gasteiger partial charge in [0.15, 0.2) is 0 Å². The molecule has 1 aromatic rings. The van der Waals surface area contributed by atoms with Crippen molar-refractivity contribution < 1.29 is 14.3 Å². The Kier molecular flexibility index (Phi) is 7.39. The first-order valence-corrected chi connectivity index (χ1v) is 9.65. The molecule has 1 aromatic heterocycles. The van der Waals surface area contributed by atoms with Crippen LogP contribution in [-0.2, 0) is 28.9 Å². The number of fused-ring (bicyclic) bond motifs is 1. The molecule has 0 radical (unpaired) electrons. The Balaban J connectivity index is 2.46. The topological polar surface area (TPSA) is 77.4 Å². The van der Waals surface area contributed by atoms with Crippen molar-refractivity contribution in [3.05, 3.63) is 45.9 Å². The van der Waals surface area contributed by atoms with Crippen LogP contribution in [0.1, 0.15) is 61.1 Å². The quantitative estimate of drug-likeness (QED) is 0.613. The zero-order valence-electron chi connectivity index (χ0n) is 16.5. The third-order valence-corrected chi connectivity index (χ3v) is 5.06. The van der Waals surface area contributed by atoms with Gasteiger partial charge in [0.2, 0.25) is 0 Å². The molecule has 1 aliphatic rings. The van der Waals surface area contributed by atoms with Crippen molar-refractivity contribution >= 4 is 11.9 Å². The highest BCUT2D eigenvalue weighted by atomic mass is 16.5. The molecule has 1 N–H and O–H groups in total. The van der Waals surface area contributed by atoms with Crippen LogP contribution in [0.5, 0.6) is 0 Å². The minimum Gasteiger partial charge on any atom is -0.467 e. The highest BCUT2D eigenvalue weighted by Gasteiger charge is 2.27. The third-order valence-electron chi connectivity index (χ3n) is 5.06. The van der Waals surface area contributed by atoms with E-state index in [9.17, 15) is 14.4 Å². The average Bonchev–Trinajstić information content (AvgIpc) is 2.62. The van der Waals surface area contributed by atoms with Gasteiger partial charge in [-0.15, -0.1) is 6.58 Å². The normalized spacial score (nSPS) is 15.3. The summed E-state index contributed by atoms with van der Waals surface area (Å²) in [6, 6.07) is 0.920. The highest BCUT2D eigenvalue weighted by Crippen LogP contribution is 2.20. The van der Waals surface area contributed by atoms with Gasteiger partial charge in [0.1, 0.15) is 11.6 Å². The number of hydrogen-bond donors (Lipinski definition) is 1. The summed E-state index contributed by atoms with van der Waals surface area (Å²) in [5, 5.41) is 2.68. The van der Waals surface area contributed by atoms with Crippen molar-refractivity contribution in [1.29, 1.82) is 0 Å². The minimum absolute atomic E-state index is 0.0747. The number of methoxy groups -OCH3 is 1. The van der Waals surface area contributed by atoms with Crippen LogP contribution in [0.15, 0.2) is 23.5 Å². The van der Waals surface area contributed by atoms with Gasteiger partial charge in [0.05, 0.1) is 7.11 Å². The molecule has 0 spiro atoms. The number of nitrogens with zero attached hydrogens (tertiary/aromatic N) is 1. The van der Waals surface area contributed by atoms with E-state index in [0.717, 1.165) is 49.8 Å². The van der Waals surface area contributed by atoms with Crippen LogP contribution in [0.4, 0.5) is 0 Å². The molecule has 0 fully saturated rings. The standard InChI is InChI=1S/C21H30N2O4/c1-5-12-23-17-11-9-7-6-8-10-15(17)13-16(20(23)25)19(24)22-18(14(2)3)21(26)27-4/h5,13-14,18H,1,6-12H2,2-4H3,(H,22,24)/t18-/m0/s1. The number of pyridine rings is 1. The number of nitrogens with one attached hydrogen (secondary N) is 1. The van der Waals surface area contributed by atoms with Gasteiger partial charge in [-0.3, -0.25) is 9.59 Å². The summed E-state index contributed by atoms with van der Waals surface area (Å²) >= 11 is 0. The van der Waals surface area contributed by atoms with Crippen molar-refractivity contribution in [3.63, 3.8) is 0 Å². The fourth-order valence-corrected chi connectivity index (χ4v) is 3.56. The predicted molar refractivity (Wildman–Crippen MR) is 105 cm³/mol. The molecule has 0 saturated carbocycles. The minimum atomic E-state index is -0.795. The lowest BCUT2D eigenvalue weighted by atomic mass is 9.95. The van der Waals surface area contributed by atoms with Gasteiger partial charge in [-0.05, 0) is 43.2 Å². The zero-order chi connectivity index (χ0) is 20.0. The molecular formula is C21H30N2O4. The van der Waals surface area contributed by atoms with Crippen LogP contribution in [0, 0.1) is 5.92 Å². The summed E-state index contributed by atoms with van der Waals surface area (Å²) in [5.41, 5.74) is 1.79. The smallest absolute Gasteiger partial charge is 0.328 e. The SMILES string of the molecule is C=CCn1c2c(cc(C(=O)N[C@H](C(=O)OC)C(C)C)c1=O)CCCCCC2. The van der Waals surface area contributed by atoms with E-state index in [1.165, 1.54) is 7.11 Å². The molecule has 1 heterocycles. The van der Waals surface area contributed by atoms with Gasteiger partial charge in [-0.25, -0.2) is 4.79 Å². The monoisotopic (exact) mass is 374 g/mol. The van der Waals surface area contributed by atoms with E-state index in [-0.39, 0.29) is 17.0 Å². The number of carbonyl (C=O) groups is 2. The van der Waals surface area contributed by atoms with E-state index in [1.807, 2.05) is 13.8 Å². The number of allylic oxidation sites excluding steroid dienone is 1. The van der Waals surface area contributed by atoms with Crippen molar-refractivity contribution in [1.82, 2.24) is 9.88 Å². The second kappa shape index (κ2) is 9.53. The molecule has 1 atom stereocenters. The van der Waals surface area contributed by atoms with Crippen molar-refractivity contribution in [2.45, 2.75) is 65.0 Å². The van der Waals surface area contributed by atoms with Crippen molar-refractivity contribution in [2.24, 2.45) is 5.92 Å². The molecule has 0 saturated heterocycles. The van der Waals surface area contributed by atoms with E-state index in [2.05, 4.69) is 11.9 Å². The lowest BCUT2D eigenvalue weighted by Crippen LogP contribution is -2.47. The van der Waals surface area contributed by atoms with Gasteiger partial charge >= 0.3 is 5.97 Å². The van der Waals surface area contributed by atoms with Crippen LogP contribution in [-0.4, -0.2) is 29.6 Å². The lowest BCUT2D eigenvalue weighted by molar-refractivity contribution is -0.144. The van der Waals surface area contributed by atoms with Gasteiger partial charge in [-0.1, -0.05) is 32.8 Å². The largest absolute Gasteiger partial charge is 0.467 e. The Hall–Kier alpha value is -2.37. The first-order valence-electron chi connectivity index (χ1n) is 9.65. The predicted octanol–water partition coefficient (Wildman–Crippen LogP) is 2.62. The number of aromatic nitrogens is 1. The summed E-state index contributed by atoms with van der Waals surface area (Å²) in [4.78, 5) is 37.8. The lowest BCUT2D eigenvalue weighted by Gasteiger charge is -2.22. The Labute approximate surface area is 160 Å². The number of hydrogen-bond acceptors (Lipinski definition) is 4. The second-order valence-corrected chi connectivity index (χ2v) is 7.37. The number of rotatable bonds is 6. The first kappa shape index (κ1) is 20.9. The molecule has 0 unspecified atom stereocenters. The number of aryl methyl sites for hydroxylation is 1. The molecule has 2 rings (SSSR count). The van der Waals surface area contributed by atoms with Crippen LogP contribution in [0.3, 0.4) is 0 Å². The average molecular weight is 374 g/mol. The fraction of sp³-hybridized carbons (Fsp3) is 0.571. The van der Waals surface area contributed by atoms with E-state index >= 15 is 0 Å². The molecule has 148 valence electrons. The molecule has 1 amide bonds. The second-order valence-electron chi connectivity index (χ2n) is 7.37. The molecule has 6 nitrogen and oxygen atoms in total. The Morgan fingerprint density at radius 1 is 1.26 bits per heavy atom. The molecular weight excluding hydrogens is 344 g/mol. The maximum atomic E-state index is 13.0. The van der Waals surface area contributed by atoms with Crippen LogP contribution >= 0.6 is 0 Å². The van der Waals surface area contributed by atoms with Crippen LogP contribution in [0.2, 0.25) is 0 Å². The number of amides is 1. The first-order chi connectivity index (χ1) is 12.9. The summed E-state index contributed by atoms with van der Waals surface area (Å²) in [5.74, 6) is -1.20. The number of carbonyl (C=O) groups excluding carboxylic acids is 2. The number of esters is 1. The Morgan fingerprint density at radius 2 is 1.93 bits per heavy atom. The summed E-state index contributed by atoms with van der Waals surface area (Å²) in [6.45, 7) is 7.75. The number of ether oxygens (including phenoxy) is 1. The van der Waals surface area contributed by atoms with E-state index in [1.54, 1.807) is 16.7 Å². The van der Waals surface area contributed by atoms with Gasteiger partial charge in [0, 0.05) is 12.2 Å². The Bertz CT molecular complexity index is 764. The maximum absolute atomic E-state index is 13.0. The molecule has 0 aromatic carbocycles. The van der Waals surface area contributed by atoms with E-state index in [4.69, 9.17) is 4.74 Å². The Morgan fingerprint density at radius 3 is 2.52 bits per heavy atom.